The van der Waals surface area contributed by atoms with E-state index in [1.165, 1.54) is 18.5 Å². The van der Waals surface area contributed by atoms with Crippen LogP contribution in [0.3, 0.4) is 0 Å². The van der Waals surface area contributed by atoms with Gasteiger partial charge >= 0.3 is 0 Å². The van der Waals surface area contributed by atoms with E-state index in [9.17, 15) is 5.11 Å². The molecule has 0 atom stereocenters. The first kappa shape index (κ1) is 11.0. The van der Waals surface area contributed by atoms with E-state index in [0.29, 0.717) is 6.04 Å². The lowest BCUT2D eigenvalue weighted by Crippen LogP contribution is -2.26. The Hall–Kier alpha value is -0.540. The van der Waals surface area contributed by atoms with Gasteiger partial charge in [-0.25, -0.2) is 0 Å². The Balaban J connectivity index is 2.32. The van der Waals surface area contributed by atoms with Gasteiger partial charge in [0.25, 0.3) is 0 Å². The molecular formula is C12H16BrNO. The van der Waals surface area contributed by atoms with E-state index in [1.54, 1.807) is 0 Å². The summed E-state index contributed by atoms with van der Waals surface area (Å²) in [5.41, 5.74) is 2.20. The SMILES string of the molecule is CCN(c1ccc(Br)cc1CO)C1CC1. The zero-order chi connectivity index (χ0) is 10.8. The predicted molar refractivity (Wildman–Crippen MR) is 66.1 cm³/mol. The topological polar surface area (TPSA) is 23.5 Å². The number of aliphatic hydroxyl groups is 1. The van der Waals surface area contributed by atoms with Crippen molar-refractivity contribution in [2.24, 2.45) is 0 Å². The average molecular weight is 270 g/mol. The van der Waals surface area contributed by atoms with Crippen LogP contribution >= 0.6 is 15.9 Å². The molecule has 1 N–H and O–H groups in total. The largest absolute Gasteiger partial charge is 0.392 e. The summed E-state index contributed by atoms with van der Waals surface area (Å²) in [6.45, 7) is 3.29. The van der Waals surface area contributed by atoms with Crippen molar-refractivity contribution in [2.75, 3.05) is 11.4 Å². The molecule has 3 heteroatoms. The fourth-order valence-electron chi connectivity index (χ4n) is 1.97. The van der Waals surface area contributed by atoms with E-state index in [1.807, 2.05) is 12.1 Å². The van der Waals surface area contributed by atoms with E-state index in [-0.39, 0.29) is 6.61 Å². The van der Waals surface area contributed by atoms with Gasteiger partial charge in [0.05, 0.1) is 6.61 Å². The van der Waals surface area contributed by atoms with Crippen molar-refractivity contribution in [1.82, 2.24) is 0 Å². The normalized spacial score (nSPS) is 15.4. The van der Waals surface area contributed by atoms with Crippen LogP contribution in [0, 0.1) is 0 Å². The van der Waals surface area contributed by atoms with Crippen LogP contribution in [-0.2, 0) is 6.61 Å². The molecule has 0 amide bonds. The number of rotatable bonds is 4. The fraction of sp³-hybridized carbons (Fsp3) is 0.500. The van der Waals surface area contributed by atoms with Crippen LogP contribution in [0.5, 0.6) is 0 Å². The average Bonchev–Trinajstić information content (AvgIpc) is 3.05. The molecule has 0 heterocycles. The van der Waals surface area contributed by atoms with Crippen LogP contribution in [0.25, 0.3) is 0 Å². The quantitative estimate of drug-likeness (QED) is 0.909. The molecule has 1 aliphatic rings. The van der Waals surface area contributed by atoms with Gasteiger partial charge in [-0.1, -0.05) is 15.9 Å². The minimum absolute atomic E-state index is 0.109. The molecule has 0 saturated heterocycles. The fourth-order valence-corrected chi connectivity index (χ4v) is 2.38. The van der Waals surface area contributed by atoms with Gasteiger partial charge in [0.1, 0.15) is 0 Å². The summed E-state index contributed by atoms with van der Waals surface area (Å²) in [5, 5.41) is 9.34. The lowest BCUT2D eigenvalue weighted by Gasteiger charge is -2.25. The summed E-state index contributed by atoms with van der Waals surface area (Å²) in [7, 11) is 0. The first-order chi connectivity index (χ1) is 7.26. The second-order valence-electron chi connectivity index (χ2n) is 3.95. The second kappa shape index (κ2) is 4.54. The van der Waals surface area contributed by atoms with Gasteiger partial charge in [0, 0.05) is 28.3 Å². The van der Waals surface area contributed by atoms with Gasteiger partial charge in [-0.05, 0) is 38.0 Å². The van der Waals surface area contributed by atoms with Crippen LogP contribution in [0.2, 0.25) is 0 Å². The number of hydrogen-bond donors (Lipinski definition) is 1. The molecule has 1 aromatic rings. The molecule has 15 heavy (non-hydrogen) atoms. The Morgan fingerprint density at radius 3 is 2.73 bits per heavy atom. The van der Waals surface area contributed by atoms with Gasteiger partial charge < -0.3 is 10.0 Å². The summed E-state index contributed by atoms with van der Waals surface area (Å²) in [4.78, 5) is 2.39. The third-order valence-electron chi connectivity index (χ3n) is 2.85. The van der Waals surface area contributed by atoms with Gasteiger partial charge in [0.15, 0.2) is 0 Å². The van der Waals surface area contributed by atoms with Crippen LogP contribution in [-0.4, -0.2) is 17.7 Å². The summed E-state index contributed by atoms with van der Waals surface area (Å²) in [6, 6.07) is 6.83. The minimum atomic E-state index is 0.109. The van der Waals surface area contributed by atoms with Gasteiger partial charge in [-0.15, -0.1) is 0 Å². The van der Waals surface area contributed by atoms with Crippen molar-refractivity contribution in [3.63, 3.8) is 0 Å². The van der Waals surface area contributed by atoms with Crippen molar-refractivity contribution in [3.8, 4) is 0 Å². The molecule has 0 unspecified atom stereocenters. The van der Waals surface area contributed by atoms with Crippen molar-refractivity contribution in [3.05, 3.63) is 28.2 Å². The molecule has 0 aliphatic heterocycles. The maximum Gasteiger partial charge on any atom is 0.0702 e. The third kappa shape index (κ3) is 2.34. The molecule has 2 nitrogen and oxygen atoms in total. The smallest absolute Gasteiger partial charge is 0.0702 e. The Morgan fingerprint density at radius 1 is 1.47 bits per heavy atom. The van der Waals surface area contributed by atoms with Gasteiger partial charge in [-0.3, -0.25) is 0 Å². The van der Waals surface area contributed by atoms with E-state index in [2.05, 4.69) is 33.8 Å². The van der Waals surface area contributed by atoms with Crippen molar-refractivity contribution < 1.29 is 5.11 Å². The third-order valence-corrected chi connectivity index (χ3v) is 3.34. The van der Waals surface area contributed by atoms with E-state index >= 15 is 0 Å². The molecule has 0 radical (unpaired) electrons. The summed E-state index contributed by atoms with van der Waals surface area (Å²) < 4.78 is 1.03. The molecule has 1 aliphatic carbocycles. The highest BCUT2D eigenvalue weighted by molar-refractivity contribution is 9.10. The monoisotopic (exact) mass is 269 g/mol. The highest BCUT2D eigenvalue weighted by atomic mass is 79.9. The molecule has 0 aromatic heterocycles. The summed E-state index contributed by atoms with van der Waals surface area (Å²) in [5.74, 6) is 0. The van der Waals surface area contributed by atoms with Gasteiger partial charge in [0.2, 0.25) is 0 Å². The first-order valence-corrected chi connectivity index (χ1v) is 6.21. The second-order valence-corrected chi connectivity index (χ2v) is 4.86. The molecule has 0 bridgehead atoms. The molecule has 82 valence electrons. The molecule has 1 aromatic carbocycles. The highest BCUT2D eigenvalue weighted by Crippen LogP contribution is 2.34. The lowest BCUT2D eigenvalue weighted by atomic mass is 10.1. The van der Waals surface area contributed by atoms with Crippen LogP contribution in [0.1, 0.15) is 25.3 Å². The van der Waals surface area contributed by atoms with Crippen LogP contribution in [0.4, 0.5) is 5.69 Å². The molecule has 1 fully saturated rings. The van der Waals surface area contributed by atoms with E-state index < -0.39 is 0 Å². The summed E-state index contributed by atoms with van der Waals surface area (Å²) >= 11 is 3.43. The maximum atomic E-state index is 9.34. The number of benzene rings is 1. The van der Waals surface area contributed by atoms with Crippen molar-refractivity contribution in [1.29, 1.82) is 0 Å². The van der Waals surface area contributed by atoms with E-state index in [0.717, 1.165) is 16.6 Å². The Labute approximate surface area is 99.0 Å². The minimum Gasteiger partial charge on any atom is -0.392 e. The Kier molecular flexibility index (Phi) is 3.32. The maximum absolute atomic E-state index is 9.34. The Bertz CT molecular complexity index is 349. The zero-order valence-electron chi connectivity index (χ0n) is 8.91. The number of nitrogens with zero attached hydrogens (tertiary/aromatic N) is 1. The van der Waals surface area contributed by atoms with Gasteiger partial charge in [-0.2, -0.15) is 0 Å². The standard InChI is InChI=1S/C12H16BrNO/c1-2-14(11-4-5-11)12-6-3-10(13)7-9(12)8-15/h3,6-7,11,15H,2,4-5,8H2,1H3. The zero-order valence-corrected chi connectivity index (χ0v) is 10.5. The molecular weight excluding hydrogens is 254 g/mol. The van der Waals surface area contributed by atoms with Crippen LogP contribution in [0.15, 0.2) is 22.7 Å². The van der Waals surface area contributed by atoms with E-state index in [4.69, 9.17) is 0 Å². The molecule has 0 spiro atoms. The molecule has 1 saturated carbocycles. The number of halogens is 1. The predicted octanol–water partition coefficient (Wildman–Crippen LogP) is 2.93. The highest BCUT2D eigenvalue weighted by Gasteiger charge is 2.29. The summed E-state index contributed by atoms with van der Waals surface area (Å²) in [6.07, 6.45) is 2.57. The number of hydrogen-bond acceptors (Lipinski definition) is 2. The lowest BCUT2D eigenvalue weighted by molar-refractivity contribution is 0.282. The van der Waals surface area contributed by atoms with Crippen molar-refractivity contribution in [2.45, 2.75) is 32.4 Å². The number of aliphatic hydroxyl groups excluding tert-OH is 1. The molecule has 2 rings (SSSR count). The first-order valence-electron chi connectivity index (χ1n) is 5.42. The van der Waals surface area contributed by atoms with Crippen LogP contribution < -0.4 is 4.90 Å². The Morgan fingerprint density at radius 2 is 2.20 bits per heavy atom. The van der Waals surface area contributed by atoms with Crippen molar-refractivity contribution >= 4 is 21.6 Å². The number of anilines is 1.